The van der Waals surface area contributed by atoms with Crippen LogP contribution in [-0.4, -0.2) is 169 Å². The number of allylic oxidation sites excluding steroid dienone is 4. The number of aliphatic hydroxyl groups is 7. The second-order valence-electron chi connectivity index (χ2n) is 18.2. The second kappa shape index (κ2) is 41.1. The van der Waals surface area contributed by atoms with Crippen LogP contribution in [0.25, 0.3) is 0 Å². The van der Waals surface area contributed by atoms with Gasteiger partial charge in [-0.1, -0.05) is 96.1 Å². The molecular formula is C53H104O14. The molecule has 2 fully saturated rings. The Morgan fingerprint density at radius 2 is 0.955 bits per heavy atom. The molecule has 18 atom stereocenters. The summed E-state index contributed by atoms with van der Waals surface area (Å²) in [6.07, 6.45) is 16.4. The molecule has 7 N–H and O–H groups in total. The molecule has 0 aromatic carbocycles. The molecule has 0 aromatic heterocycles. The smallest absolute Gasteiger partial charge is 0.180 e. The molecule has 2 rings (SSSR count). The minimum absolute atomic E-state index is 0.00140. The SMILES string of the molecule is CCC(OC)C(C)C1C(C(O)C(C)/C=C/C=C(\C)CC(CC(OC)C(O)OC)OC)[C@@H]1C.CCC(OC)C(C)C1CC1C(O)C(C)/C=C/C=C(\C)CC(CC(CO)OC)OC.CO.CO.CO. The number of aliphatic hydroxyl groups excluding tert-OH is 7. The highest BCUT2D eigenvalue weighted by Gasteiger charge is 2.55. The summed E-state index contributed by atoms with van der Waals surface area (Å²) in [6.45, 7) is 19.4. The van der Waals surface area contributed by atoms with Crippen molar-refractivity contribution >= 4 is 0 Å². The molecule has 0 aliphatic heterocycles. The maximum Gasteiger partial charge on any atom is 0.180 e. The fourth-order valence-corrected chi connectivity index (χ4v) is 9.57. The summed E-state index contributed by atoms with van der Waals surface area (Å²) in [7, 11) is 14.5. The third-order valence-electron chi connectivity index (χ3n) is 14.0. The van der Waals surface area contributed by atoms with E-state index in [1.165, 1.54) is 12.7 Å². The summed E-state index contributed by atoms with van der Waals surface area (Å²) in [5.74, 6) is 3.45. The molecular weight excluding hydrogens is 861 g/mol. The molecule has 2 aliphatic rings. The quantitative estimate of drug-likeness (QED) is 0.0276. The van der Waals surface area contributed by atoms with Crippen molar-refractivity contribution in [2.75, 3.05) is 77.7 Å². The molecule has 0 heterocycles. The van der Waals surface area contributed by atoms with Gasteiger partial charge in [0, 0.05) is 95.8 Å². The van der Waals surface area contributed by atoms with Crippen LogP contribution in [0.15, 0.2) is 47.6 Å². The van der Waals surface area contributed by atoms with Gasteiger partial charge in [-0.25, -0.2) is 0 Å². The summed E-state index contributed by atoms with van der Waals surface area (Å²) in [5, 5.41) is 61.8. The Morgan fingerprint density at radius 3 is 1.34 bits per heavy atom. The molecule has 17 unspecified atom stereocenters. The van der Waals surface area contributed by atoms with Crippen molar-refractivity contribution in [3.05, 3.63) is 47.6 Å². The van der Waals surface area contributed by atoms with Crippen molar-refractivity contribution in [1.29, 1.82) is 0 Å². The fourth-order valence-electron chi connectivity index (χ4n) is 9.57. The van der Waals surface area contributed by atoms with Gasteiger partial charge in [0.15, 0.2) is 6.29 Å². The molecule has 14 heteroatoms. The number of hydrogen-bond donors (Lipinski definition) is 7. The lowest BCUT2D eigenvalue weighted by molar-refractivity contribution is -0.164. The fraction of sp³-hybridized carbons (Fsp3) is 0.849. The van der Waals surface area contributed by atoms with E-state index in [9.17, 15) is 20.4 Å². The van der Waals surface area contributed by atoms with Crippen molar-refractivity contribution in [3.63, 3.8) is 0 Å². The molecule has 0 saturated heterocycles. The largest absolute Gasteiger partial charge is 0.400 e. The average molecular weight is 965 g/mol. The molecule has 67 heavy (non-hydrogen) atoms. The van der Waals surface area contributed by atoms with E-state index in [-0.39, 0.29) is 61.2 Å². The number of hydrogen-bond acceptors (Lipinski definition) is 14. The maximum atomic E-state index is 10.9. The topological polar surface area (TPSA) is 206 Å². The Kier molecular flexibility index (Phi) is 42.7. The number of rotatable bonds is 31. The normalized spacial score (nSPS) is 25.1. The molecule has 14 nitrogen and oxygen atoms in total. The summed E-state index contributed by atoms with van der Waals surface area (Å²) >= 11 is 0. The Bertz CT molecular complexity index is 1270. The lowest BCUT2D eigenvalue weighted by atomic mass is 9.91. The van der Waals surface area contributed by atoms with Gasteiger partial charge in [-0.15, -0.1) is 0 Å². The van der Waals surface area contributed by atoms with E-state index >= 15 is 0 Å². The zero-order valence-corrected chi connectivity index (χ0v) is 45.5. The van der Waals surface area contributed by atoms with Crippen LogP contribution in [0.2, 0.25) is 0 Å². The standard InChI is InChI=1S/C26H48O6.C24H44O5.3CH4O/c1-10-21(30-7)18(4)23-19(5)24(23)25(27)17(3)13-11-12-16(2)14-20(29-6)15-22(31-8)26(28)32-9;1-8-23(29-7)18(4)21-14-22(21)24(26)17(3)11-9-10-16(2)12-19(27-5)13-20(15-25)28-6;3*1-2/h11-13,17-28H,10,14-15H2,1-9H3;9-11,17-26H,8,12-15H2,1-7H3;3*2H,1H3/b13-11+,16-12+;11-9+,16-10+;;;/t17?,18?,19-,20?,21?,22?,23?,24?,25?,26?;;;;/m1..../s1. The van der Waals surface area contributed by atoms with Crippen LogP contribution in [0.3, 0.4) is 0 Å². The van der Waals surface area contributed by atoms with Crippen molar-refractivity contribution < 1.29 is 68.9 Å². The highest BCUT2D eigenvalue weighted by molar-refractivity contribution is 5.15. The first-order valence-corrected chi connectivity index (χ1v) is 24.3. The van der Waals surface area contributed by atoms with E-state index in [4.69, 9.17) is 48.5 Å². The van der Waals surface area contributed by atoms with Crippen LogP contribution < -0.4 is 0 Å². The molecule has 0 radical (unpaired) electrons. The Labute approximate surface area is 408 Å². The minimum atomic E-state index is -0.975. The third kappa shape index (κ3) is 25.9. The number of ether oxygens (including phenoxy) is 7. The summed E-state index contributed by atoms with van der Waals surface area (Å²) in [4.78, 5) is 0. The van der Waals surface area contributed by atoms with E-state index in [1.54, 1.807) is 42.7 Å². The van der Waals surface area contributed by atoms with Gasteiger partial charge in [0.05, 0.1) is 49.3 Å². The average Bonchev–Trinajstić information content (AvgIpc) is 4.29. The van der Waals surface area contributed by atoms with Gasteiger partial charge in [-0.3, -0.25) is 0 Å². The summed E-state index contributed by atoms with van der Waals surface area (Å²) in [5.41, 5.74) is 2.36. The van der Waals surface area contributed by atoms with Crippen LogP contribution in [0.4, 0.5) is 0 Å². The van der Waals surface area contributed by atoms with Crippen LogP contribution in [0, 0.1) is 53.3 Å². The van der Waals surface area contributed by atoms with E-state index in [2.05, 4.69) is 86.6 Å². The lowest BCUT2D eigenvalue weighted by Gasteiger charge is -2.25. The molecule has 0 bridgehead atoms. The predicted octanol–water partition coefficient (Wildman–Crippen LogP) is 7.02. The van der Waals surface area contributed by atoms with Crippen molar-refractivity contribution in [2.45, 2.75) is 162 Å². The first kappa shape index (κ1) is 69.7. The molecule has 400 valence electrons. The lowest BCUT2D eigenvalue weighted by Crippen LogP contribution is -2.33. The molecule has 0 spiro atoms. The minimum Gasteiger partial charge on any atom is -0.400 e. The van der Waals surface area contributed by atoms with Crippen molar-refractivity contribution in [1.82, 2.24) is 0 Å². The first-order chi connectivity index (χ1) is 32.0. The van der Waals surface area contributed by atoms with Gasteiger partial charge in [-0.2, -0.15) is 0 Å². The molecule has 2 saturated carbocycles. The van der Waals surface area contributed by atoms with Gasteiger partial charge in [0.25, 0.3) is 0 Å². The Balaban J connectivity index is -0.00000110. The third-order valence-corrected chi connectivity index (χ3v) is 14.0. The van der Waals surface area contributed by atoms with Gasteiger partial charge < -0.3 is 68.9 Å². The summed E-state index contributed by atoms with van der Waals surface area (Å²) in [6, 6.07) is 0. The first-order valence-electron chi connectivity index (χ1n) is 24.3. The highest BCUT2D eigenvalue weighted by atomic mass is 16.6. The molecule has 0 aromatic rings. The van der Waals surface area contributed by atoms with Crippen LogP contribution >= 0.6 is 0 Å². The second-order valence-corrected chi connectivity index (χ2v) is 18.2. The van der Waals surface area contributed by atoms with E-state index in [1.807, 2.05) is 12.2 Å². The van der Waals surface area contributed by atoms with Gasteiger partial charge >= 0.3 is 0 Å². The van der Waals surface area contributed by atoms with Crippen LogP contribution in [0.1, 0.15) is 107 Å². The zero-order valence-electron chi connectivity index (χ0n) is 45.5. The van der Waals surface area contributed by atoms with Gasteiger partial charge in [0.1, 0.15) is 6.10 Å². The maximum absolute atomic E-state index is 10.9. The van der Waals surface area contributed by atoms with E-state index < -0.39 is 12.4 Å². The Hall–Kier alpha value is -1.60. The molecule has 0 amide bonds. The van der Waals surface area contributed by atoms with Crippen molar-refractivity contribution in [3.8, 4) is 0 Å². The molecule has 2 aliphatic carbocycles. The van der Waals surface area contributed by atoms with Crippen LogP contribution in [0.5, 0.6) is 0 Å². The van der Waals surface area contributed by atoms with Gasteiger partial charge in [0.2, 0.25) is 0 Å². The number of methoxy groups -OCH3 is 7. The predicted molar refractivity (Wildman–Crippen MR) is 271 cm³/mol. The monoisotopic (exact) mass is 965 g/mol. The Morgan fingerprint density at radius 1 is 0.537 bits per heavy atom. The zero-order chi connectivity index (χ0) is 52.4. The van der Waals surface area contributed by atoms with E-state index in [0.29, 0.717) is 54.3 Å². The van der Waals surface area contributed by atoms with Crippen molar-refractivity contribution in [2.24, 2.45) is 53.3 Å². The van der Waals surface area contributed by atoms with E-state index in [0.717, 1.165) is 59.0 Å². The highest BCUT2D eigenvalue weighted by Crippen LogP contribution is 2.55. The van der Waals surface area contributed by atoms with Crippen LogP contribution in [-0.2, 0) is 33.2 Å². The van der Waals surface area contributed by atoms with Gasteiger partial charge in [-0.05, 0) is 87.4 Å². The summed E-state index contributed by atoms with van der Waals surface area (Å²) < 4.78 is 37.9.